The lowest BCUT2D eigenvalue weighted by Gasteiger charge is -2.22. The van der Waals surface area contributed by atoms with Crippen molar-refractivity contribution < 1.29 is 42.9 Å². The van der Waals surface area contributed by atoms with E-state index in [1.54, 1.807) is 27.7 Å². The van der Waals surface area contributed by atoms with Gasteiger partial charge in [-0.05, 0) is 38.5 Å². The summed E-state index contributed by atoms with van der Waals surface area (Å²) in [5.74, 6) is -1.46. The Morgan fingerprint density at radius 1 is 0.545 bits per heavy atom. The number of ether oxygens (including phenoxy) is 5. The standard InChI is InChI=1S/C35H62O9/c1-27(2)33(37)41-29(4)40-32(36)26-22-17-15-13-11-9-7-6-8-10-12-14-16-19-23-28(3)34(38)42-30(5)43-35(39)44-31-24-20-18-21-25-31/h27-31H,6-26H2,1-5H3/t28-,29?,30?/m1/s1. The minimum absolute atomic E-state index is 0.0846. The van der Waals surface area contributed by atoms with Crippen LogP contribution >= 0.6 is 0 Å². The van der Waals surface area contributed by atoms with E-state index in [4.69, 9.17) is 23.7 Å². The van der Waals surface area contributed by atoms with Crippen molar-refractivity contribution in [3.8, 4) is 0 Å². The van der Waals surface area contributed by atoms with E-state index in [-0.39, 0.29) is 35.8 Å². The molecule has 0 heterocycles. The molecule has 0 aromatic carbocycles. The molecule has 0 N–H and O–H groups in total. The number of rotatable bonds is 24. The summed E-state index contributed by atoms with van der Waals surface area (Å²) in [6, 6.07) is 0. The van der Waals surface area contributed by atoms with Crippen molar-refractivity contribution in [2.75, 3.05) is 0 Å². The Hall–Kier alpha value is -2.32. The molecule has 1 aliphatic carbocycles. The molecular formula is C35H62O9. The van der Waals surface area contributed by atoms with Crippen molar-refractivity contribution in [1.82, 2.24) is 0 Å². The van der Waals surface area contributed by atoms with E-state index in [1.807, 2.05) is 6.92 Å². The fourth-order valence-corrected chi connectivity index (χ4v) is 5.31. The van der Waals surface area contributed by atoms with Crippen molar-refractivity contribution in [2.24, 2.45) is 11.8 Å². The molecule has 0 amide bonds. The van der Waals surface area contributed by atoms with Crippen molar-refractivity contribution in [3.05, 3.63) is 0 Å². The van der Waals surface area contributed by atoms with Crippen LogP contribution in [0, 0.1) is 11.8 Å². The number of hydrogen-bond acceptors (Lipinski definition) is 9. The van der Waals surface area contributed by atoms with Gasteiger partial charge in [0, 0.05) is 20.3 Å². The van der Waals surface area contributed by atoms with Crippen LogP contribution in [-0.4, -0.2) is 42.7 Å². The topological polar surface area (TPSA) is 114 Å². The summed E-state index contributed by atoms with van der Waals surface area (Å²) in [5.41, 5.74) is 0. The van der Waals surface area contributed by atoms with Gasteiger partial charge in [0.25, 0.3) is 0 Å². The highest BCUT2D eigenvalue weighted by molar-refractivity contribution is 5.73. The average molecular weight is 627 g/mol. The Balaban J connectivity index is 1.87. The molecule has 0 radical (unpaired) electrons. The molecule has 0 aliphatic heterocycles. The number of carbonyl (C=O) groups is 4. The van der Waals surface area contributed by atoms with E-state index >= 15 is 0 Å². The number of unbranched alkanes of at least 4 members (excludes halogenated alkanes) is 13. The third kappa shape index (κ3) is 21.4. The van der Waals surface area contributed by atoms with E-state index in [9.17, 15) is 19.2 Å². The van der Waals surface area contributed by atoms with Crippen LogP contribution in [0.3, 0.4) is 0 Å². The maximum absolute atomic E-state index is 12.3. The Kier molecular flexibility index (Phi) is 22.5. The minimum atomic E-state index is -0.941. The number of esters is 3. The summed E-state index contributed by atoms with van der Waals surface area (Å²) < 4.78 is 25.9. The van der Waals surface area contributed by atoms with Gasteiger partial charge in [0.1, 0.15) is 6.10 Å². The van der Waals surface area contributed by atoms with Gasteiger partial charge in [-0.1, -0.05) is 111 Å². The number of hydrogen-bond donors (Lipinski definition) is 0. The molecule has 0 aromatic heterocycles. The predicted octanol–water partition coefficient (Wildman–Crippen LogP) is 9.33. The molecule has 0 bridgehead atoms. The molecule has 9 heteroatoms. The summed E-state index contributed by atoms with van der Waals surface area (Å²) in [6.07, 6.45) is 19.8. The lowest BCUT2D eigenvalue weighted by atomic mass is 9.98. The van der Waals surface area contributed by atoms with Gasteiger partial charge in [0.2, 0.25) is 12.6 Å². The lowest BCUT2D eigenvalue weighted by Crippen LogP contribution is -2.28. The van der Waals surface area contributed by atoms with Crippen molar-refractivity contribution >= 4 is 24.1 Å². The fraction of sp³-hybridized carbons (Fsp3) is 0.886. The molecule has 256 valence electrons. The normalized spacial score (nSPS) is 15.7. The first-order valence-electron chi connectivity index (χ1n) is 17.6. The van der Waals surface area contributed by atoms with Crippen LogP contribution in [0.4, 0.5) is 4.79 Å². The van der Waals surface area contributed by atoms with E-state index in [1.165, 1.54) is 64.2 Å². The highest BCUT2D eigenvalue weighted by Crippen LogP contribution is 2.21. The van der Waals surface area contributed by atoms with Gasteiger partial charge in [0.15, 0.2) is 0 Å². The summed E-state index contributed by atoms with van der Waals surface area (Å²) in [4.78, 5) is 47.6. The molecule has 1 rings (SSSR count). The van der Waals surface area contributed by atoms with Crippen LogP contribution in [0.5, 0.6) is 0 Å². The van der Waals surface area contributed by atoms with Crippen LogP contribution < -0.4 is 0 Å². The van der Waals surface area contributed by atoms with Gasteiger partial charge in [-0.3, -0.25) is 14.4 Å². The summed E-state index contributed by atoms with van der Waals surface area (Å²) in [6.45, 7) is 8.48. The molecule has 44 heavy (non-hydrogen) atoms. The Labute approximate surface area is 266 Å². The molecule has 2 unspecified atom stereocenters. The summed E-state index contributed by atoms with van der Waals surface area (Å²) >= 11 is 0. The van der Waals surface area contributed by atoms with Gasteiger partial charge in [-0.2, -0.15) is 0 Å². The number of carbonyl (C=O) groups excluding carboxylic acids is 4. The van der Waals surface area contributed by atoms with Crippen LogP contribution in [0.25, 0.3) is 0 Å². The van der Waals surface area contributed by atoms with Gasteiger partial charge in [0.05, 0.1) is 11.8 Å². The van der Waals surface area contributed by atoms with Gasteiger partial charge in [-0.25, -0.2) is 4.79 Å². The second kappa shape index (κ2) is 24.9. The SMILES string of the molecule is CC(OC(=O)CCCCCCCCCCCCCCCC[C@@H](C)C(=O)OC(C)OC(=O)OC1CCCCC1)OC(=O)C(C)C. The first-order valence-corrected chi connectivity index (χ1v) is 17.6. The van der Waals surface area contributed by atoms with Crippen LogP contribution in [0.1, 0.15) is 169 Å². The Morgan fingerprint density at radius 2 is 1.00 bits per heavy atom. The second-order valence-electron chi connectivity index (χ2n) is 12.8. The Bertz CT molecular complexity index is 791. The maximum atomic E-state index is 12.3. The zero-order chi connectivity index (χ0) is 32.6. The van der Waals surface area contributed by atoms with E-state index < -0.39 is 18.7 Å². The highest BCUT2D eigenvalue weighted by Gasteiger charge is 2.23. The second-order valence-corrected chi connectivity index (χ2v) is 12.8. The summed E-state index contributed by atoms with van der Waals surface area (Å²) in [5, 5.41) is 0. The van der Waals surface area contributed by atoms with Gasteiger partial charge < -0.3 is 23.7 Å². The molecule has 0 saturated heterocycles. The highest BCUT2D eigenvalue weighted by atomic mass is 16.8. The quantitative estimate of drug-likeness (QED) is 0.0447. The molecule has 1 saturated carbocycles. The zero-order valence-electron chi connectivity index (χ0n) is 28.4. The molecule has 9 nitrogen and oxygen atoms in total. The first kappa shape index (κ1) is 39.7. The Morgan fingerprint density at radius 3 is 1.52 bits per heavy atom. The summed E-state index contributed by atoms with van der Waals surface area (Å²) in [7, 11) is 0. The van der Waals surface area contributed by atoms with Gasteiger partial charge >= 0.3 is 24.1 Å². The first-order chi connectivity index (χ1) is 21.1. The van der Waals surface area contributed by atoms with Crippen LogP contribution in [0.15, 0.2) is 0 Å². The van der Waals surface area contributed by atoms with Crippen LogP contribution in [0.2, 0.25) is 0 Å². The predicted molar refractivity (Wildman–Crippen MR) is 170 cm³/mol. The van der Waals surface area contributed by atoms with Crippen molar-refractivity contribution in [1.29, 1.82) is 0 Å². The zero-order valence-corrected chi connectivity index (χ0v) is 28.4. The molecule has 1 fully saturated rings. The smallest absolute Gasteiger partial charge is 0.431 e. The van der Waals surface area contributed by atoms with Gasteiger partial charge in [-0.15, -0.1) is 0 Å². The fourth-order valence-electron chi connectivity index (χ4n) is 5.31. The lowest BCUT2D eigenvalue weighted by molar-refractivity contribution is -0.187. The average Bonchev–Trinajstić information content (AvgIpc) is 2.96. The molecule has 1 aliphatic rings. The van der Waals surface area contributed by atoms with E-state index in [2.05, 4.69) is 0 Å². The third-order valence-corrected chi connectivity index (χ3v) is 8.08. The largest absolute Gasteiger partial charge is 0.511 e. The van der Waals surface area contributed by atoms with Crippen molar-refractivity contribution in [3.63, 3.8) is 0 Å². The van der Waals surface area contributed by atoms with E-state index in [0.717, 1.165) is 64.2 Å². The van der Waals surface area contributed by atoms with E-state index in [0.29, 0.717) is 6.42 Å². The third-order valence-electron chi connectivity index (χ3n) is 8.08. The van der Waals surface area contributed by atoms with Crippen molar-refractivity contribution in [2.45, 2.75) is 188 Å². The molecule has 0 aromatic rings. The van der Waals surface area contributed by atoms with Crippen LogP contribution in [-0.2, 0) is 38.1 Å². The minimum Gasteiger partial charge on any atom is -0.431 e. The molecular weight excluding hydrogens is 564 g/mol. The monoisotopic (exact) mass is 626 g/mol. The maximum Gasteiger partial charge on any atom is 0.511 e. The molecule has 0 spiro atoms. The molecule has 3 atom stereocenters.